The van der Waals surface area contributed by atoms with Crippen LogP contribution < -0.4 is 0 Å². The van der Waals surface area contributed by atoms with E-state index in [0.29, 0.717) is 11.5 Å². The number of carbonyl (C=O) groups is 1. The molecule has 0 aromatic heterocycles. The van der Waals surface area contributed by atoms with Gasteiger partial charge in [0.05, 0.1) is 0 Å². The van der Waals surface area contributed by atoms with Gasteiger partial charge >= 0.3 is 5.97 Å². The third-order valence-electron chi connectivity index (χ3n) is 5.54. The molecule has 4 rings (SSSR count). The van der Waals surface area contributed by atoms with E-state index in [1.165, 1.54) is 32.1 Å². The Morgan fingerprint density at radius 2 is 1.56 bits per heavy atom. The first-order chi connectivity index (χ1) is 8.54. The lowest BCUT2D eigenvalue weighted by Crippen LogP contribution is -2.44. The van der Waals surface area contributed by atoms with Gasteiger partial charge in [-0.1, -0.05) is 19.9 Å². The molecule has 100 valence electrons. The summed E-state index contributed by atoms with van der Waals surface area (Å²) in [7, 11) is 0. The summed E-state index contributed by atoms with van der Waals surface area (Å²) in [5.74, 6) is 3.49. The molecule has 0 aromatic carbocycles. The molecule has 0 saturated heterocycles. The Kier molecular flexibility index (Phi) is 2.99. The predicted octanol–water partition coefficient (Wildman–Crippen LogP) is 3.73. The molecule has 0 heterocycles. The van der Waals surface area contributed by atoms with Crippen LogP contribution in [0.1, 0.15) is 46.0 Å². The van der Waals surface area contributed by atoms with Crippen LogP contribution in [0.3, 0.4) is 0 Å². The van der Waals surface area contributed by atoms with Crippen LogP contribution in [0.15, 0.2) is 11.6 Å². The van der Waals surface area contributed by atoms with Crippen LogP contribution in [0.5, 0.6) is 0 Å². The van der Waals surface area contributed by atoms with Crippen molar-refractivity contribution in [3.8, 4) is 0 Å². The highest BCUT2D eigenvalue weighted by molar-refractivity contribution is 5.87. The van der Waals surface area contributed by atoms with Crippen molar-refractivity contribution in [2.75, 3.05) is 0 Å². The fourth-order valence-corrected chi connectivity index (χ4v) is 4.96. The van der Waals surface area contributed by atoms with Gasteiger partial charge in [-0.05, 0) is 67.6 Å². The van der Waals surface area contributed by atoms with Crippen molar-refractivity contribution < 1.29 is 9.90 Å². The summed E-state index contributed by atoms with van der Waals surface area (Å²) in [4.78, 5) is 11.3. The molecule has 4 aliphatic rings. The Labute approximate surface area is 109 Å². The Morgan fingerprint density at radius 3 is 1.94 bits per heavy atom. The first-order valence-electron chi connectivity index (χ1n) is 7.49. The van der Waals surface area contributed by atoms with Crippen molar-refractivity contribution in [3.63, 3.8) is 0 Å². The second-order valence-corrected chi connectivity index (χ2v) is 7.09. The zero-order chi connectivity index (χ0) is 12.9. The fraction of sp³-hybridized carbons (Fsp3) is 0.812. The van der Waals surface area contributed by atoms with Crippen LogP contribution in [0.2, 0.25) is 0 Å². The van der Waals surface area contributed by atoms with Crippen LogP contribution in [-0.4, -0.2) is 11.1 Å². The number of aliphatic carboxylic acids is 1. The largest absolute Gasteiger partial charge is 0.478 e. The molecule has 4 fully saturated rings. The lowest BCUT2D eigenvalue weighted by atomic mass is 9.51. The van der Waals surface area contributed by atoms with E-state index < -0.39 is 5.97 Å². The Balaban J connectivity index is 1.84. The van der Waals surface area contributed by atoms with Crippen molar-refractivity contribution in [1.29, 1.82) is 0 Å². The molecule has 2 nitrogen and oxygen atoms in total. The standard InChI is InChI=1S/C16H24O2/c1-9(2)14(16(17)18)8-15-12-4-10-3-11(6-12)7-13(15)5-10/h8-13,15H,3-7H2,1-2H3,(H,17,18)/b14-8+. The Morgan fingerprint density at radius 1 is 1.06 bits per heavy atom. The third-order valence-corrected chi connectivity index (χ3v) is 5.54. The predicted molar refractivity (Wildman–Crippen MR) is 71.1 cm³/mol. The summed E-state index contributed by atoms with van der Waals surface area (Å²) in [6, 6.07) is 0. The molecule has 0 aromatic rings. The molecule has 0 atom stereocenters. The van der Waals surface area contributed by atoms with Crippen LogP contribution in [0, 0.1) is 35.5 Å². The Hall–Kier alpha value is -0.790. The zero-order valence-corrected chi connectivity index (χ0v) is 11.4. The molecule has 2 heteroatoms. The van der Waals surface area contributed by atoms with Crippen molar-refractivity contribution in [3.05, 3.63) is 11.6 Å². The Bertz CT molecular complexity index is 353. The number of hydrogen-bond acceptors (Lipinski definition) is 1. The molecule has 4 saturated carbocycles. The lowest BCUT2D eigenvalue weighted by molar-refractivity contribution is -0.133. The monoisotopic (exact) mass is 248 g/mol. The van der Waals surface area contributed by atoms with Gasteiger partial charge in [0.2, 0.25) is 0 Å². The molecule has 0 radical (unpaired) electrons. The SMILES string of the molecule is CC(C)/C(=C\C1C2CC3CC(C2)CC1C3)C(=O)O. The van der Waals surface area contributed by atoms with Crippen LogP contribution >= 0.6 is 0 Å². The van der Waals surface area contributed by atoms with Crippen LogP contribution in [-0.2, 0) is 4.79 Å². The minimum Gasteiger partial charge on any atom is -0.478 e. The quantitative estimate of drug-likeness (QED) is 0.773. The van der Waals surface area contributed by atoms with Gasteiger partial charge < -0.3 is 5.11 Å². The van der Waals surface area contributed by atoms with E-state index in [2.05, 4.69) is 6.08 Å². The molecule has 0 spiro atoms. The minimum absolute atomic E-state index is 0.139. The molecule has 1 N–H and O–H groups in total. The number of hydrogen-bond donors (Lipinski definition) is 1. The van der Waals surface area contributed by atoms with Gasteiger partial charge in [0.25, 0.3) is 0 Å². The molecule has 18 heavy (non-hydrogen) atoms. The van der Waals surface area contributed by atoms with E-state index in [0.717, 1.165) is 23.7 Å². The number of allylic oxidation sites excluding steroid dienone is 1. The number of rotatable bonds is 3. The van der Waals surface area contributed by atoms with Crippen molar-refractivity contribution in [2.24, 2.45) is 35.5 Å². The molecule has 0 aliphatic heterocycles. The van der Waals surface area contributed by atoms with E-state index >= 15 is 0 Å². The van der Waals surface area contributed by atoms with Crippen molar-refractivity contribution in [1.82, 2.24) is 0 Å². The molecular weight excluding hydrogens is 224 g/mol. The minimum atomic E-state index is -0.709. The topological polar surface area (TPSA) is 37.3 Å². The van der Waals surface area contributed by atoms with Crippen LogP contribution in [0.25, 0.3) is 0 Å². The van der Waals surface area contributed by atoms with E-state index in [4.69, 9.17) is 0 Å². The second-order valence-electron chi connectivity index (χ2n) is 7.09. The van der Waals surface area contributed by atoms with E-state index in [-0.39, 0.29) is 5.92 Å². The summed E-state index contributed by atoms with van der Waals surface area (Å²) in [6.45, 7) is 3.99. The number of carboxylic acid groups (broad SMARTS) is 1. The highest BCUT2D eigenvalue weighted by atomic mass is 16.4. The summed E-state index contributed by atoms with van der Waals surface area (Å²) in [5, 5.41) is 9.33. The second kappa shape index (κ2) is 4.40. The summed E-state index contributed by atoms with van der Waals surface area (Å²) < 4.78 is 0. The molecule has 0 amide bonds. The van der Waals surface area contributed by atoms with Gasteiger partial charge in [0.1, 0.15) is 0 Å². The maximum Gasteiger partial charge on any atom is 0.331 e. The summed E-state index contributed by atoms with van der Waals surface area (Å²) in [5.41, 5.74) is 0.646. The van der Waals surface area contributed by atoms with Gasteiger partial charge in [-0.15, -0.1) is 0 Å². The maximum atomic E-state index is 11.3. The first-order valence-corrected chi connectivity index (χ1v) is 7.49. The average molecular weight is 248 g/mol. The summed E-state index contributed by atoms with van der Waals surface area (Å²) in [6.07, 6.45) is 9.04. The van der Waals surface area contributed by atoms with Crippen molar-refractivity contribution >= 4 is 5.97 Å². The smallest absolute Gasteiger partial charge is 0.331 e. The molecular formula is C16H24O2. The first kappa shape index (κ1) is 12.3. The highest BCUT2D eigenvalue weighted by Crippen LogP contribution is 2.57. The van der Waals surface area contributed by atoms with Crippen molar-refractivity contribution in [2.45, 2.75) is 46.0 Å². The average Bonchev–Trinajstić information content (AvgIpc) is 2.25. The van der Waals surface area contributed by atoms with Gasteiger partial charge in [-0.3, -0.25) is 0 Å². The van der Waals surface area contributed by atoms with E-state index in [1.807, 2.05) is 13.8 Å². The van der Waals surface area contributed by atoms with Gasteiger partial charge in [-0.2, -0.15) is 0 Å². The normalized spacial score (nSPS) is 42.6. The third kappa shape index (κ3) is 2.00. The van der Waals surface area contributed by atoms with Gasteiger partial charge in [0.15, 0.2) is 0 Å². The summed E-state index contributed by atoms with van der Waals surface area (Å²) >= 11 is 0. The molecule has 0 unspecified atom stereocenters. The van der Waals surface area contributed by atoms with E-state index in [9.17, 15) is 9.90 Å². The van der Waals surface area contributed by atoms with Gasteiger partial charge in [0, 0.05) is 5.57 Å². The van der Waals surface area contributed by atoms with Gasteiger partial charge in [-0.25, -0.2) is 4.79 Å². The zero-order valence-electron chi connectivity index (χ0n) is 11.4. The van der Waals surface area contributed by atoms with Crippen LogP contribution in [0.4, 0.5) is 0 Å². The lowest BCUT2D eigenvalue weighted by Gasteiger charge is -2.54. The molecule has 4 bridgehead atoms. The maximum absolute atomic E-state index is 11.3. The fourth-order valence-electron chi connectivity index (χ4n) is 4.96. The molecule has 4 aliphatic carbocycles. The van der Waals surface area contributed by atoms with E-state index in [1.54, 1.807) is 0 Å². The number of carboxylic acids is 1. The highest BCUT2D eigenvalue weighted by Gasteiger charge is 2.47.